The minimum absolute atomic E-state index is 0.479. The zero-order valence-electron chi connectivity index (χ0n) is 8.39. The van der Waals surface area contributed by atoms with Gasteiger partial charge in [-0.25, -0.2) is 0 Å². The Balaban J connectivity index is 2.11. The molecule has 0 aliphatic carbocycles. The molecule has 0 aromatic carbocycles. The molecule has 0 amide bonds. The van der Waals surface area contributed by atoms with Crippen molar-refractivity contribution in [1.82, 2.24) is 15.0 Å². The van der Waals surface area contributed by atoms with E-state index in [0.29, 0.717) is 6.42 Å². The zero-order valence-corrected chi connectivity index (χ0v) is 12.4. The summed E-state index contributed by atoms with van der Waals surface area (Å²) in [6.07, 6.45) is 1.75. The minimum atomic E-state index is -0.538. The Morgan fingerprint density at radius 2 is 2.31 bits per heavy atom. The Morgan fingerprint density at radius 1 is 1.56 bits per heavy atom. The Bertz CT molecular complexity index is 477. The smallest absolute Gasteiger partial charge is 0.0939 e. The predicted octanol–water partition coefficient (Wildman–Crippen LogP) is 2.68. The first-order valence-electron chi connectivity index (χ1n) is 4.54. The lowest BCUT2D eigenvalue weighted by Gasteiger charge is -2.04. The van der Waals surface area contributed by atoms with Crippen molar-refractivity contribution in [2.45, 2.75) is 12.5 Å². The van der Waals surface area contributed by atoms with Crippen LogP contribution in [-0.4, -0.2) is 20.1 Å². The van der Waals surface area contributed by atoms with Crippen LogP contribution in [0.2, 0.25) is 0 Å². The highest BCUT2D eigenvalue weighted by Crippen LogP contribution is 2.36. The van der Waals surface area contributed by atoms with E-state index in [1.807, 2.05) is 6.07 Å². The second-order valence-corrected chi connectivity index (χ2v) is 6.63. The first-order valence-corrected chi connectivity index (χ1v) is 6.94. The third-order valence-corrected chi connectivity index (χ3v) is 5.40. The van der Waals surface area contributed by atoms with E-state index in [4.69, 9.17) is 0 Å². The highest BCUT2D eigenvalue weighted by atomic mass is 79.9. The summed E-state index contributed by atoms with van der Waals surface area (Å²) in [6, 6.07) is 1.91. The number of hydrogen-bond acceptors (Lipinski definition) is 4. The number of aliphatic hydroxyl groups excluding tert-OH is 1. The molecular formula is C9H9Br2N3OS. The highest BCUT2D eigenvalue weighted by molar-refractivity contribution is 9.13. The number of rotatable bonds is 3. The maximum atomic E-state index is 10.0. The monoisotopic (exact) mass is 365 g/mol. The van der Waals surface area contributed by atoms with Crippen LogP contribution < -0.4 is 0 Å². The van der Waals surface area contributed by atoms with Gasteiger partial charge in [0.2, 0.25) is 0 Å². The summed E-state index contributed by atoms with van der Waals surface area (Å²) in [6.45, 7) is 0. The number of thiophene rings is 1. The van der Waals surface area contributed by atoms with Gasteiger partial charge in [-0.15, -0.1) is 16.4 Å². The van der Waals surface area contributed by atoms with Crippen LogP contribution in [0.1, 0.15) is 16.7 Å². The summed E-state index contributed by atoms with van der Waals surface area (Å²) in [4.78, 5) is 0.907. The fourth-order valence-corrected chi connectivity index (χ4v) is 3.39. The lowest BCUT2D eigenvalue weighted by molar-refractivity contribution is 0.181. The summed E-state index contributed by atoms with van der Waals surface area (Å²) in [5.74, 6) is 0. The van der Waals surface area contributed by atoms with Crippen molar-refractivity contribution in [3.8, 4) is 0 Å². The van der Waals surface area contributed by atoms with E-state index < -0.39 is 6.10 Å². The first-order chi connectivity index (χ1) is 7.56. The molecule has 2 rings (SSSR count). The van der Waals surface area contributed by atoms with Crippen molar-refractivity contribution < 1.29 is 5.11 Å². The summed E-state index contributed by atoms with van der Waals surface area (Å²) in [5.41, 5.74) is 0.788. The van der Waals surface area contributed by atoms with Gasteiger partial charge in [0.05, 0.1) is 15.6 Å². The molecule has 2 aromatic rings. The van der Waals surface area contributed by atoms with Crippen LogP contribution in [0.5, 0.6) is 0 Å². The van der Waals surface area contributed by atoms with E-state index in [1.54, 1.807) is 17.9 Å². The molecule has 16 heavy (non-hydrogen) atoms. The maximum Gasteiger partial charge on any atom is 0.0939 e. The Morgan fingerprint density at radius 3 is 2.81 bits per heavy atom. The summed E-state index contributed by atoms with van der Waals surface area (Å²) < 4.78 is 3.58. The first kappa shape index (κ1) is 12.2. The Hall–Kier alpha value is -0.240. The molecule has 86 valence electrons. The average molecular weight is 367 g/mol. The number of aromatic nitrogens is 3. The summed E-state index contributed by atoms with van der Waals surface area (Å²) >= 11 is 8.31. The SMILES string of the molecule is Cn1cc(CC(O)c2cc(Br)c(Br)s2)nn1. The largest absolute Gasteiger partial charge is 0.387 e. The van der Waals surface area contributed by atoms with Gasteiger partial charge in [0.1, 0.15) is 0 Å². The molecule has 1 N–H and O–H groups in total. The lowest BCUT2D eigenvalue weighted by atomic mass is 10.2. The van der Waals surface area contributed by atoms with Crippen LogP contribution >= 0.6 is 43.2 Å². The van der Waals surface area contributed by atoms with Gasteiger partial charge in [-0.2, -0.15) is 0 Å². The van der Waals surface area contributed by atoms with Crippen LogP contribution in [0.15, 0.2) is 20.5 Å². The molecule has 0 aliphatic rings. The minimum Gasteiger partial charge on any atom is -0.387 e. The lowest BCUT2D eigenvalue weighted by Crippen LogP contribution is -1.99. The normalized spacial score (nSPS) is 13.0. The number of aliphatic hydroxyl groups is 1. The van der Waals surface area contributed by atoms with Crippen molar-refractivity contribution in [1.29, 1.82) is 0 Å². The van der Waals surface area contributed by atoms with Crippen LogP contribution in [-0.2, 0) is 13.5 Å². The molecule has 4 nitrogen and oxygen atoms in total. The van der Waals surface area contributed by atoms with Gasteiger partial charge in [-0.1, -0.05) is 5.21 Å². The highest BCUT2D eigenvalue weighted by Gasteiger charge is 2.15. The van der Waals surface area contributed by atoms with E-state index >= 15 is 0 Å². The molecule has 0 saturated heterocycles. The van der Waals surface area contributed by atoms with Gasteiger partial charge >= 0.3 is 0 Å². The van der Waals surface area contributed by atoms with E-state index in [2.05, 4.69) is 42.2 Å². The molecule has 0 radical (unpaired) electrons. The average Bonchev–Trinajstić information content (AvgIpc) is 2.75. The molecule has 1 unspecified atom stereocenters. The van der Waals surface area contributed by atoms with Gasteiger partial charge in [-0.05, 0) is 37.9 Å². The Labute approximate surface area is 114 Å². The number of nitrogens with zero attached hydrogens (tertiary/aromatic N) is 3. The van der Waals surface area contributed by atoms with Crippen molar-refractivity contribution in [3.63, 3.8) is 0 Å². The second-order valence-electron chi connectivity index (χ2n) is 3.37. The fraction of sp³-hybridized carbons (Fsp3) is 0.333. The van der Waals surface area contributed by atoms with E-state index in [1.165, 1.54) is 11.3 Å². The van der Waals surface area contributed by atoms with E-state index in [0.717, 1.165) is 18.8 Å². The third-order valence-electron chi connectivity index (χ3n) is 2.05. The number of aryl methyl sites for hydroxylation is 1. The molecular weight excluding hydrogens is 358 g/mol. The third kappa shape index (κ3) is 2.71. The van der Waals surface area contributed by atoms with Gasteiger partial charge in [0.15, 0.2) is 0 Å². The fourth-order valence-electron chi connectivity index (χ4n) is 1.32. The summed E-state index contributed by atoms with van der Waals surface area (Å²) in [7, 11) is 1.81. The number of halogens is 2. The molecule has 0 fully saturated rings. The number of hydrogen-bond donors (Lipinski definition) is 1. The van der Waals surface area contributed by atoms with Crippen LogP contribution in [0.4, 0.5) is 0 Å². The van der Waals surface area contributed by atoms with Gasteiger partial charge in [0.25, 0.3) is 0 Å². The van der Waals surface area contributed by atoms with Crippen LogP contribution in [0, 0.1) is 0 Å². The standard InChI is InChI=1S/C9H9Br2N3OS/c1-14-4-5(12-13-14)2-7(15)8-3-6(10)9(11)16-8/h3-4,7,15H,2H2,1H3. The molecule has 2 heterocycles. The van der Waals surface area contributed by atoms with Gasteiger partial charge < -0.3 is 5.11 Å². The van der Waals surface area contributed by atoms with Crippen LogP contribution in [0.25, 0.3) is 0 Å². The van der Waals surface area contributed by atoms with Crippen molar-refractivity contribution in [2.75, 3.05) is 0 Å². The topological polar surface area (TPSA) is 50.9 Å². The van der Waals surface area contributed by atoms with Crippen molar-refractivity contribution >= 4 is 43.2 Å². The molecule has 7 heteroatoms. The zero-order chi connectivity index (χ0) is 11.7. The van der Waals surface area contributed by atoms with E-state index in [-0.39, 0.29) is 0 Å². The maximum absolute atomic E-state index is 10.0. The Kier molecular flexibility index (Phi) is 3.78. The van der Waals surface area contributed by atoms with Crippen molar-refractivity contribution in [3.05, 3.63) is 31.1 Å². The summed E-state index contributed by atoms with van der Waals surface area (Å²) in [5, 5.41) is 17.8. The molecule has 1 atom stereocenters. The second kappa shape index (κ2) is 4.95. The molecule has 0 saturated carbocycles. The molecule has 0 spiro atoms. The van der Waals surface area contributed by atoms with E-state index in [9.17, 15) is 5.11 Å². The predicted molar refractivity (Wildman–Crippen MR) is 69.4 cm³/mol. The van der Waals surface area contributed by atoms with Gasteiger partial charge in [0, 0.05) is 29.0 Å². The van der Waals surface area contributed by atoms with Crippen LogP contribution in [0.3, 0.4) is 0 Å². The molecule has 0 aliphatic heterocycles. The van der Waals surface area contributed by atoms with Crippen molar-refractivity contribution in [2.24, 2.45) is 7.05 Å². The van der Waals surface area contributed by atoms with Gasteiger partial charge in [-0.3, -0.25) is 4.68 Å². The molecule has 0 bridgehead atoms. The molecule has 2 aromatic heterocycles. The quantitative estimate of drug-likeness (QED) is 0.908.